The van der Waals surface area contributed by atoms with E-state index in [9.17, 15) is 14.3 Å². The first-order chi connectivity index (χ1) is 6.61. The lowest BCUT2D eigenvalue weighted by Gasteiger charge is -2.05. The first-order valence-corrected chi connectivity index (χ1v) is 4.32. The Hall–Kier alpha value is -1.58. The number of phenols is 1. The van der Waals surface area contributed by atoms with Gasteiger partial charge in [0.2, 0.25) is 5.91 Å². The normalized spacial score (nSPS) is 9.86. The lowest BCUT2D eigenvalue weighted by atomic mass is 10.1. The average molecular weight is 197 g/mol. The molecule has 1 amide bonds. The van der Waals surface area contributed by atoms with Crippen molar-refractivity contribution in [1.29, 1.82) is 0 Å². The van der Waals surface area contributed by atoms with Crippen molar-refractivity contribution in [2.24, 2.45) is 0 Å². The van der Waals surface area contributed by atoms with Crippen molar-refractivity contribution >= 4 is 5.91 Å². The van der Waals surface area contributed by atoms with E-state index in [4.69, 9.17) is 0 Å². The van der Waals surface area contributed by atoms with Crippen molar-refractivity contribution in [3.8, 4) is 5.75 Å². The van der Waals surface area contributed by atoms with Crippen LogP contribution in [0.2, 0.25) is 0 Å². The van der Waals surface area contributed by atoms with Crippen LogP contribution in [0, 0.1) is 5.82 Å². The second kappa shape index (κ2) is 4.60. The van der Waals surface area contributed by atoms with Gasteiger partial charge in [-0.2, -0.15) is 0 Å². The highest BCUT2D eigenvalue weighted by Crippen LogP contribution is 2.19. The molecule has 2 N–H and O–H groups in total. The van der Waals surface area contributed by atoms with Gasteiger partial charge in [-0.15, -0.1) is 0 Å². The maximum Gasteiger partial charge on any atom is 0.216 e. The Morgan fingerprint density at radius 3 is 2.86 bits per heavy atom. The summed E-state index contributed by atoms with van der Waals surface area (Å²) in [5.41, 5.74) is 0.237. The highest BCUT2D eigenvalue weighted by Gasteiger charge is 2.06. The zero-order chi connectivity index (χ0) is 10.6. The summed E-state index contributed by atoms with van der Waals surface area (Å²) in [6.45, 7) is 1.71. The minimum absolute atomic E-state index is 0.0737. The summed E-state index contributed by atoms with van der Waals surface area (Å²) in [6.07, 6.45) is 0.290. The fourth-order valence-corrected chi connectivity index (χ4v) is 1.16. The van der Waals surface area contributed by atoms with E-state index in [-0.39, 0.29) is 23.6 Å². The third kappa shape index (κ3) is 2.73. The number of halogens is 1. The number of hydrogen-bond donors (Lipinski definition) is 2. The molecule has 3 nitrogen and oxygen atoms in total. The van der Waals surface area contributed by atoms with Crippen LogP contribution in [0.25, 0.3) is 0 Å². The minimum Gasteiger partial charge on any atom is -0.508 e. The Balaban J connectivity index is 2.62. The number of nitrogens with one attached hydrogen (secondary N) is 1. The number of amides is 1. The van der Waals surface area contributed by atoms with Gasteiger partial charge < -0.3 is 10.4 Å². The molecule has 1 aromatic carbocycles. The van der Waals surface area contributed by atoms with Gasteiger partial charge in [0.15, 0.2) is 0 Å². The van der Waals surface area contributed by atoms with E-state index in [1.165, 1.54) is 25.1 Å². The molecule has 0 unspecified atom stereocenters. The predicted octanol–water partition coefficient (Wildman–Crippen LogP) is 1.21. The van der Waals surface area contributed by atoms with Gasteiger partial charge in [0.05, 0.1) is 0 Å². The van der Waals surface area contributed by atoms with Crippen molar-refractivity contribution in [1.82, 2.24) is 5.32 Å². The quantitative estimate of drug-likeness (QED) is 0.765. The van der Waals surface area contributed by atoms with Gasteiger partial charge >= 0.3 is 0 Å². The lowest BCUT2D eigenvalue weighted by molar-refractivity contribution is -0.118. The van der Waals surface area contributed by atoms with Crippen LogP contribution in [0.5, 0.6) is 5.75 Å². The molecule has 0 saturated heterocycles. The first-order valence-electron chi connectivity index (χ1n) is 4.32. The van der Waals surface area contributed by atoms with Crippen LogP contribution < -0.4 is 5.32 Å². The van der Waals surface area contributed by atoms with Gasteiger partial charge in [0, 0.05) is 19.0 Å². The highest BCUT2D eigenvalue weighted by atomic mass is 19.1. The van der Waals surface area contributed by atoms with Crippen molar-refractivity contribution in [2.45, 2.75) is 13.3 Å². The number of aromatic hydroxyl groups is 1. The van der Waals surface area contributed by atoms with Gasteiger partial charge in [-0.05, 0) is 18.6 Å². The highest BCUT2D eigenvalue weighted by molar-refractivity contribution is 5.72. The fourth-order valence-electron chi connectivity index (χ4n) is 1.16. The van der Waals surface area contributed by atoms with Gasteiger partial charge in [0.1, 0.15) is 11.6 Å². The van der Waals surface area contributed by atoms with Crippen LogP contribution in [0.4, 0.5) is 4.39 Å². The molecule has 0 aliphatic heterocycles. The van der Waals surface area contributed by atoms with Gasteiger partial charge in [-0.25, -0.2) is 4.39 Å². The smallest absolute Gasteiger partial charge is 0.216 e. The molecule has 1 aromatic rings. The lowest BCUT2D eigenvalue weighted by Crippen LogP contribution is -2.22. The number of phenolic OH excluding ortho intramolecular Hbond substituents is 1. The first kappa shape index (κ1) is 10.5. The van der Waals surface area contributed by atoms with E-state index < -0.39 is 5.82 Å². The average Bonchev–Trinajstić information content (AvgIpc) is 2.09. The number of carbonyl (C=O) groups is 1. The van der Waals surface area contributed by atoms with Crippen LogP contribution >= 0.6 is 0 Å². The number of carbonyl (C=O) groups excluding carboxylic acids is 1. The van der Waals surface area contributed by atoms with Gasteiger partial charge in [-0.3, -0.25) is 4.79 Å². The topological polar surface area (TPSA) is 49.3 Å². The molecule has 0 saturated carbocycles. The summed E-state index contributed by atoms with van der Waals surface area (Å²) in [6, 6.07) is 4.14. The molecule has 0 atom stereocenters. The van der Waals surface area contributed by atoms with Crippen molar-refractivity contribution in [2.75, 3.05) is 6.54 Å². The van der Waals surface area contributed by atoms with Crippen molar-refractivity contribution < 1.29 is 14.3 Å². The molecular weight excluding hydrogens is 185 g/mol. The molecule has 1 rings (SSSR count). The number of benzene rings is 1. The molecule has 0 aliphatic rings. The molecule has 0 spiro atoms. The molecule has 0 aliphatic carbocycles. The van der Waals surface area contributed by atoms with Crippen LogP contribution in [0.3, 0.4) is 0 Å². The molecular formula is C10H12FNO2. The van der Waals surface area contributed by atoms with E-state index in [0.717, 1.165) is 0 Å². The van der Waals surface area contributed by atoms with Crippen LogP contribution in [-0.4, -0.2) is 17.6 Å². The summed E-state index contributed by atoms with van der Waals surface area (Å²) in [7, 11) is 0. The van der Waals surface area contributed by atoms with Crippen molar-refractivity contribution in [3.63, 3.8) is 0 Å². The van der Waals surface area contributed by atoms with E-state index in [1.807, 2.05) is 0 Å². The number of rotatable bonds is 3. The minimum atomic E-state index is -0.449. The Morgan fingerprint density at radius 2 is 2.29 bits per heavy atom. The molecule has 0 heterocycles. The Kier molecular flexibility index (Phi) is 3.45. The molecule has 14 heavy (non-hydrogen) atoms. The molecule has 0 aromatic heterocycles. The van der Waals surface area contributed by atoms with Gasteiger partial charge in [-0.1, -0.05) is 6.07 Å². The van der Waals surface area contributed by atoms with Crippen molar-refractivity contribution in [3.05, 3.63) is 29.6 Å². The van der Waals surface area contributed by atoms with E-state index in [0.29, 0.717) is 6.54 Å². The monoisotopic (exact) mass is 197 g/mol. The van der Waals surface area contributed by atoms with Crippen LogP contribution in [-0.2, 0) is 11.2 Å². The largest absolute Gasteiger partial charge is 0.508 e. The standard InChI is InChI=1S/C10H12FNO2/c1-7(13)12-6-5-8-9(11)3-2-4-10(8)14/h2-4,14H,5-6H2,1H3,(H,12,13). The second-order valence-corrected chi connectivity index (χ2v) is 2.97. The SMILES string of the molecule is CC(=O)NCCc1c(O)cccc1F. The molecule has 76 valence electrons. The zero-order valence-corrected chi connectivity index (χ0v) is 7.88. The molecule has 0 radical (unpaired) electrons. The summed E-state index contributed by atoms with van der Waals surface area (Å²) in [5, 5.41) is 11.8. The van der Waals surface area contributed by atoms with Crippen LogP contribution in [0.1, 0.15) is 12.5 Å². The summed E-state index contributed by atoms with van der Waals surface area (Å²) < 4.78 is 13.1. The second-order valence-electron chi connectivity index (χ2n) is 2.97. The molecule has 0 fully saturated rings. The Morgan fingerprint density at radius 1 is 1.57 bits per heavy atom. The Bertz CT molecular complexity index is 319. The Labute approximate surface area is 81.6 Å². The predicted molar refractivity (Wildman–Crippen MR) is 50.5 cm³/mol. The van der Waals surface area contributed by atoms with Gasteiger partial charge in [0.25, 0.3) is 0 Å². The van der Waals surface area contributed by atoms with E-state index in [2.05, 4.69) is 5.32 Å². The van der Waals surface area contributed by atoms with E-state index >= 15 is 0 Å². The fraction of sp³-hybridized carbons (Fsp3) is 0.300. The summed E-state index contributed by atoms with van der Waals surface area (Å²) >= 11 is 0. The molecule has 0 bridgehead atoms. The third-order valence-electron chi connectivity index (χ3n) is 1.84. The summed E-state index contributed by atoms with van der Waals surface area (Å²) in [4.78, 5) is 10.5. The maximum atomic E-state index is 13.1. The molecule has 4 heteroatoms. The van der Waals surface area contributed by atoms with E-state index in [1.54, 1.807) is 0 Å². The third-order valence-corrected chi connectivity index (χ3v) is 1.84. The maximum absolute atomic E-state index is 13.1. The van der Waals surface area contributed by atoms with Crippen LogP contribution in [0.15, 0.2) is 18.2 Å². The zero-order valence-electron chi connectivity index (χ0n) is 7.88. The summed E-state index contributed by atoms with van der Waals surface area (Å²) in [5.74, 6) is -0.688. The number of hydrogen-bond acceptors (Lipinski definition) is 2.